The van der Waals surface area contributed by atoms with Gasteiger partial charge < -0.3 is 19.9 Å². The van der Waals surface area contributed by atoms with Crippen LogP contribution in [0.2, 0.25) is 0 Å². The maximum atomic E-state index is 12.8. The molecule has 2 aromatic rings. The molecular formula is C26H28N2O7. The molecule has 3 N–H and O–H groups in total. The monoisotopic (exact) mass is 480 g/mol. The van der Waals surface area contributed by atoms with Gasteiger partial charge in [-0.1, -0.05) is 55.0 Å². The van der Waals surface area contributed by atoms with Crippen LogP contribution in [-0.4, -0.2) is 54.3 Å². The number of fused-ring (bicyclic) bond motifs is 3. The van der Waals surface area contributed by atoms with E-state index in [9.17, 15) is 24.3 Å². The average Bonchev–Trinajstić information content (AvgIpc) is 3.44. The third kappa shape index (κ3) is 5.13. The molecule has 2 aliphatic carbocycles. The molecule has 1 fully saturated rings. The zero-order valence-corrected chi connectivity index (χ0v) is 19.4. The van der Waals surface area contributed by atoms with Crippen molar-refractivity contribution in [1.82, 2.24) is 10.6 Å². The number of carboxylic acids is 1. The normalized spacial score (nSPS) is 19.2. The highest BCUT2D eigenvalue weighted by Gasteiger charge is 2.38. The minimum Gasteiger partial charge on any atom is -0.481 e. The molecule has 4 rings (SSSR count). The SMILES string of the molecule is CCOC(=O)C(NC(=O)OCC1c2ccccc2-c2ccccc21)C(=O)N[C@@H]1CCC[C@@H]1C(=O)O. The summed E-state index contributed by atoms with van der Waals surface area (Å²) in [5.41, 5.74) is 4.21. The fraction of sp³-hybridized carbons (Fsp3) is 0.385. The number of rotatable bonds is 8. The maximum Gasteiger partial charge on any atom is 0.408 e. The number of ether oxygens (including phenoxy) is 2. The predicted molar refractivity (Wildman–Crippen MR) is 126 cm³/mol. The molecule has 0 saturated heterocycles. The van der Waals surface area contributed by atoms with Gasteiger partial charge in [-0.05, 0) is 42.0 Å². The standard InChI is InChI=1S/C26H28N2O7/c1-2-34-25(32)22(23(29)27-21-13-7-12-19(21)24(30)31)28-26(33)35-14-20-17-10-5-3-8-15(17)16-9-4-6-11-18(16)20/h3-6,8-11,19-22H,2,7,12-14H2,1H3,(H,27,29)(H,28,33)(H,30,31)/t19-,21+,22?/m0/s1. The quantitative estimate of drug-likeness (QED) is 0.391. The van der Waals surface area contributed by atoms with Crippen LogP contribution in [0.25, 0.3) is 11.1 Å². The molecule has 0 spiro atoms. The highest BCUT2D eigenvalue weighted by atomic mass is 16.6. The Morgan fingerprint density at radius 2 is 1.60 bits per heavy atom. The number of hydrogen-bond acceptors (Lipinski definition) is 6. The lowest BCUT2D eigenvalue weighted by Gasteiger charge is -2.22. The number of amides is 2. The maximum absolute atomic E-state index is 12.8. The van der Waals surface area contributed by atoms with Crippen molar-refractivity contribution in [1.29, 1.82) is 0 Å². The van der Waals surface area contributed by atoms with Gasteiger partial charge in [0, 0.05) is 12.0 Å². The Labute approximate surface area is 202 Å². The number of alkyl carbamates (subject to hydrolysis) is 1. The van der Waals surface area contributed by atoms with Crippen LogP contribution in [0.5, 0.6) is 0 Å². The first-order chi connectivity index (χ1) is 16.9. The molecule has 2 aliphatic rings. The van der Waals surface area contributed by atoms with Gasteiger partial charge in [-0.3, -0.25) is 14.9 Å². The molecular weight excluding hydrogens is 452 g/mol. The van der Waals surface area contributed by atoms with E-state index in [1.807, 2.05) is 48.5 Å². The molecule has 0 radical (unpaired) electrons. The molecule has 3 atom stereocenters. The molecule has 0 bridgehead atoms. The van der Waals surface area contributed by atoms with Crippen LogP contribution in [0.1, 0.15) is 43.2 Å². The molecule has 1 saturated carbocycles. The van der Waals surface area contributed by atoms with Gasteiger partial charge in [0.2, 0.25) is 6.04 Å². The fourth-order valence-corrected chi connectivity index (χ4v) is 4.91. The molecule has 0 aliphatic heterocycles. The van der Waals surface area contributed by atoms with Crippen molar-refractivity contribution in [3.05, 3.63) is 59.7 Å². The third-order valence-electron chi connectivity index (χ3n) is 6.55. The molecule has 184 valence electrons. The van der Waals surface area contributed by atoms with Gasteiger partial charge in [0.1, 0.15) is 6.61 Å². The number of carbonyl (C=O) groups is 4. The van der Waals surface area contributed by atoms with E-state index < -0.39 is 41.9 Å². The Bertz CT molecular complexity index is 1090. The molecule has 9 heteroatoms. The van der Waals surface area contributed by atoms with Crippen LogP contribution in [0.4, 0.5) is 4.79 Å². The topological polar surface area (TPSA) is 131 Å². The minimum absolute atomic E-state index is 0.0101. The summed E-state index contributed by atoms with van der Waals surface area (Å²) in [7, 11) is 0. The summed E-state index contributed by atoms with van der Waals surface area (Å²) in [6.07, 6.45) is 0.611. The Morgan fingerprint density at radius 1 is 0.971 bits per heavy atom. The Morgan fingerprint density at radius 3 is 2.20 bits per heavy atom. The minimum atomic E-state index is -1.65. The molecule has 2 aromatic carbocycles. The van der Waals surface area contributed by atoms with E-state index in [1.54, 1.807) is 6.92 Å². The summed E-state index contributed by atoms with van der Waals surface area (Å²) in [6, 6.07) is 13.5. The Kier molecular flexibility index (Phi) is 7.33. The zero-order chi connectivity index (χ0) is 24.9. The van der Waals surface area contributed by atoms with Crippen molar-refractivity contribution in [2.45, 2.75) is 44.2 Å². The van der Waals surface area contributed by atoms with E-state index >= 15 is 0 Å². The van der Waals surface area contributed by atoms with Gasteiger partial charge in [0.05, 0.1) is 12.5 Å². The van der Waals surface area contributed by atoms with Crippen LogP contribution in [0.15, 0.2) is 48.5 Å². The average molecular weight is 481 g/mol. The van der Waals surface area contributed by atoms with Gasteiger partial charge in [-0.2, -0.15) is 0 Å². The molecule has 9 nitrogen and oxygen atoms in total. The van der Waals surface area contributed by atoms with Crippen LogP contribution >= 0.6 is 0 Å². The van der Waals surface area contributed by atoms with Gasteiger partial charge in [-0.15, -0.1) is 0 Å². The number of aliphatic carboxylic acids is 1. The lowest BCUT2D eigenvalue weighted by Crippen LogP contribution is -2.55. The second kappa shape index (κ2) is 10.6. The fourth-order valence-electron chi connectivity index (χ4n) is 4.91. The summed E-state index contributed by atoms with van der Waals surface area (Å²) in [5.74, 6) is -3.70. The van der Waals surface area contributed by atoms with Gasteiger partial charge in [0.25, 0.3) is 5.91 Å². The van der Waals surface area contributed by atoms with E-state index in [0.29, 0.717) is 19.3 Å². The third-order valence-corrected chi connectivity index (χ3v) is 6.55. The summed E-state index contributed by atoms with van der Waals surface area (Å²) in [6.45, 7) is 1.61. The van der Waals surface area contributed by atoms with Gasteiger partial charge in [0.15, 0.2) is 0 Å². The Hall–Kier alpha value is -3.88. The lowest BCUT2D eigenvalue weighted by atomic mass is 9.98. The first kappa shape index (κ1) is 24.3. The highest BCUT2D eigenvalue weighted by molar-refractivity contribution is 6.04. The summed E-state index contributed by atoms with van der Waals surface area (Å²) in [5, 5.41) is 14.2. The van der Waals surface area contributed by atoms with Crippen molar-refractivity contribution in [3.63, 3.8) is 0 Å². The number of hydrogen-bond donors (Lipinski definition) is 3. The van der Waals surface area contributed by atoms with Crippen molar-refractivity contribution in [2.75, 3.05) is 13.2 Å². The molecule has 2 amide bonds. The number of nitrogens with one attached hydrogen (secondary N) is 2. The largest absolute Gasteiger partial charge is 0.481 e. The van der Waals surface area contributed by atoms with Crippen LogP contribution in [-0.2, 0) is 23.9 Å². The summed E-state index contributed by atoms with van der Waals surface area (Å²) >= 11 is 0. The highest BCUT2D eigenvalue weighted by Crippen LogP contribution is 2.44. The molecule has 0 aromatic heterocycles. The zero-order valence-electron chi connectivity index (χ0n) is 19.4. The van der Waals surface area contributed by atoms with E-state index in [0.717, 1.165) is 22.3 Å². The van der Waals surface area contributed by atoms with Crippen molar-refractivity contribution in [2.24, 2.45) is 5.92 Å². The Balaban J connectivity index is 1.43. The number of carbonyl (C=O) groups excluding carboxylic acids is 3. The van der Waals surface area contributed by atoms with Crippen molar-refractivity contribution in [3.8, 4) is 11.1 Å². The van der Waals surface area contributed by atoms with Gasteiger partial charge in [-0.25, -0.2) is 9.59 Å². The van der Waals surface area contributed by atoms with Crippen LogP contribution in [0.3, 0.4) is 0 Å². The summed E-state index contributed by atoms with van der Waals surface area (Å²) in [4.78, 5) is 49.3. The van der Waals surface area contributed by atoms with E-state index in [-0.39, 0.29) is 19.1 Å². The molecule has 0 heterocycles. The smallest absolute Gasteiger partial charge is 0.408 e. The number of benzene rings is 2. The number of esters is 1. The van der Waals surface area contributed by atoms with Crippen LogP contribution in [0, 0.1) is 5.92 Å². The van der Waals surface area contributed by atoms with E-state index in [1.165, 1.54) is 0 Å². The van der Waals surface area contributed by atoms with Crippen molar-refractivity contribution >= 4 is 23.9 Å². The first-order valence-electron chi connectivity index (χ1n) is 11.7. The number of carboxylic acid groups (broad SMARTS) is 1. The predicted octanol–water partition coefficient (Wildman–Crippen LogP) is 2.83. The van der Waals surface area contributed by atoms with Crippen molar-refractivity contribution < 1.29 is 33.8 Å². The van der Waals surface area contributed by atoms with Crippen LogP contribution < -0.4 is 10.6 Å². The first-order valence-corrected chi connectivity index (χ1v) is 11.7. The molecule has 1 unspecified atom stereocenters. The second-order valence-corrected chi connectivity index (χ2v) is 8.65. The second-order valence-electron chi connectivity index (χ2n) is 8.65. The summed E-state index contributed by atoms with van der Waals surface area (Å²) < 4.78 is 10.4. The molecule has 35 heavy (non-hydrogen) atoms. The lowest BCUT2D eigenvalue weighted by molar-refractivity contribution is -0.149. The van der Waals surface area contributed by atoms with Gasteiger partial charge >= 0.3 is 18.0 Å². The van der Waals surface area contributed by atoms with E-state index in [2.05, 4.69) is 10.6 Å². The van der Waals surface area contributed by atoms with E-state index in [4.69, 9.17) is 9.47 Å².